The Labute approximate surface area is 147 Å². The zero-order valence-electron chi connectivity index (χ0n) is 13.4. The van der Waals surface area contributed by atoms with E-state index in [4.69, 9.17) is 13.9 Å². The van der Waals surface area contributed by atoms with Crippen LogP contribution in [-0.2, 0) is 4.79 Å². The summed E-state index contributed by atoms with van der Waals surface area (Å²) in [6.07, 6.45) is 0. The van der Waals surface area contributed by atoms with Crippen molar-refractivity contribution in [3.8, 4) is 11.5 Å². The van der Waals surface area contributed by atoms with E-state index in [1.807, 2.05) is 19.1 Å². The van der Waals surface area contributed by atoms with Crippen molar-refractivity contribution in [3.05, 3.63) is 36.0 Å². The lowest BCUT2D eigenvalue weighted by molar-refractivity contribution is -0.113. The van der Waals surface area contributed by atoms with Crippen LogP contribution in [0.5, 0.6) is 11.5 Å². The van der Waals surface area contributed by atoms with E-state index < -0.39 is 0 Å². The van der Waals surface area contributed by atoms with Crippen LogP contribution in [-0.4, -0.2) is 34.8 Å². The van der Waals surface area contributed by atoms with Crippen LogP contribution in [0.4, 0.5) is 5.69 Å². The van der Waals surface area contributed by atoms with Crippen molar-refractivity contribution in [2.45, 2.75) is 12.1 Å². The van der Waals surface area contributed by atoms with Gasteiger partial charge in [-0.3, -0.25) is 4.79 Å². The van der Waals surface area contributed by atoms with Crippen LogP contribution >= 0.6 is 11.8 Å². The predicted octanol–water partition coefficient (Wildman–Crippen LogP) is 3.03. The number of hydrogen-bond acceptors (Lipinski definition) is 7. The summed E-state index contributed by atoms with van der Waals surface area (Å²) in [5.74, 6) is 1.35. The molecule has 2 aromatic heterocycles. The van der Waals surface area contributed by atoms with Crippen molar-refractivity contribution in [1.29, 1.82) is 0 Å². The number of hydrogen-bond donors (Lipinski definition) is 1. The lowest BCUT2D eigenvalue weighted by atomic mass is 10.2. The van der Waals surface area contributed by atoms with E-state index >= 15 is 0 Å². The number of carbonyl (C=O) groups excluding carboxylic acids is 1. The number of rotatable bonds is 4. The van der Waals surface area contributed by atoms with Gasteiger partial charge in [-0.2, -0.15) is 4.98 Å². The minimum atomic E-state index is -0.159. The summed E-state index contributed by atoms with van der Waals surface area (Å²) in [5.41, 5.74) is 2.69. The molecular formula is C17H15N3O4S. The number of nitrogens with one attached hydrogen (secondary N) is 1. The quantitative estimate of drug-likeness (QED) is 0.718. The number of anilines is 1. The Bertz CT molecular complexity index is 941. The zero-order chi connectivity index (χ0) is 17.2. The maximum atomic E-state index is 12.1. The summed E-state index contributed by atoms with van der Waals surface area (Å²) in [6, 6.07) is 9.00. The second-order valence-electron chi connectivity index (χ2n) is 5.45. The zero-order valence-corrected chi connectivity index (χ0v) is 14.3. The Hall–Kier alpha value is -2.74. The molecule has 1 aliphatic rings. The van der Waals surface area contributed by atoms with Gasteiger partial charge in [0.2, 0.25) is 5.91 Å². The van der Waals surface area contributed by atoms with E-state index in [1.54, 1.807) is 18.2 Å². The number of ether oxygens (including phenoxy) is 2. The summed E-state index contributed by atoms with van der Waals surface area (Å²) in [4.78, 5) is 20.7. The molecule has 0 radical (unpaired) electrons. The molecule has 128 valence electrons. The summed E-state index contributed by atoms with van der Waals surface area (Å²) in [6.45, 7) is 2.93. The molecule has 1 N–H and O–H groups in total. The van der Waals surface area contributed by atoms with Crippen LogP contribution in [0, 0.1) is 6.92 Å². The monoisotopic (exact) mass is 357 g/mol. The maximum Gasteiger partial charge on any atom is 0.258 e. The Kier molecular flexibility index (Phi) is 4.19. The average Bonchev–Trinajstić information content (AvgIpc) is 3.02. The fraction of sp³-hybridized carbons (Fsp3) is 0.235. The molecule has 0 atom stereocenters. The normalized spacial score (nSPS) is 13.0. The molecule has 1 aromatic carbocycles. The SMILES string of the molecule is Cc1ccc2oc(SCC(=O)Nc3ccc4c(c3)OCCO4)nc2n1. The Morgan fingerprint density at radius 2 is 2.00 bits per heavy atom. The van der Waals surface area contributed by atoms with Crippen molar-refractivity contribution in [2.75, 3.05) is 24.3 Å². The van der Waals surface area contributed by atoms with Crippen LogP contribution < -0.4 is 14.8 Å². The van der Waals surface area contributed by atoms with Crippen molar-refractivity contribution < 1.29 is 18.7 Å². The number of aromatic nitrogens is 2. The van der Waals surface area contributed by atoms with Gasteiger partial charge in [0, 0.05) is 17.4 Å². The smallest absolute Gasteiger partial charge is 0.258 e. The molecule has 0 unspecified atom stereocenters. The summed E-state index contributed by atoms with van der Waals surface area (Å²) >= 11 is 1.22. The number of oxazole rings is 1. The maximum absolute atomic E-state index is 12.1. The molecule has 0 bridgehead atoms. The molecule has 0 saturated heterocycles. The van der Waals surface area contributed by atoms with Gasteiger partial charge in [0.15, 0.2) is 22.7 Å². The van der Waals surface area contributed by atoms with Gasteiger partial charge in [0.1, 0.15) is 13.2 Å². The fourth-order valence-corrected chi connectivity index (χ4v) is 3.03. The topological polar surface area (TPSA) is 86.5 Å². The third-order valence-corrected chi connectivity index (χ3v) is 4.35. The molecule has 25 heavy (non-hydrogen) atoms. The van der Waals surface area contributed by atoms with E-state index in [9.17, 15) is 4.79 Å². The van der Waals surface area contributed by atoms with E-state index in [0.29, 0.717) is 46.9 Å². The highest BCUT2D eigenvalue weighted by Gasteiger charge is 2.14. The lowest BCUT2D eigenvalue weighted by Crippen LogP contribution is -2.17. The van der Waals surface area contributed by atoms with Crippen molar-refractivity contribution in [3.63, 3.8) is 0 Å². The molecule has 0 spiro atoms. The minimum absolute atomic E-state index is 0.159. The van der Waals surface area contributed by atoms with Crippen LogP contribution in [0.3, 0.4) is 0 Å². The summed E-state index contributed by atoms with van der Waals surface area (Å²) < 4.78 is 16.5. The number of pyridine rings is 1. The number of aryl methyl sites for hydroxylation is 1. The van der Waals surface area contributed by atoms with Crippen LogP contribution in [0.25, 0.3) is 11.2 Å². The average molecular weight is 357 g/mol. The van der Waals surface area contributed by atoms with Crippen molar-refractivity contribution >= 4 is 34.6 Å². The first-order valence-electron chi connectivity index (χ1n) is 7.74. The summed E-state index contributed by atoms with van der Waals surface area (Å²) in [5, 5.41) is 3.25. The van der Waals surface area contributed by atoms with Crippen LogP contribution in [0.1, 0.15) is 5.69 Å². The Morgan fingerprint density at radius 3 is 2.88 bits per heavy atom. The van der Waals surface area contributed by atoms with Gasteiger partial charge in [0.25, 0.3) is 5.22 Å². The molecule has 4 rings (SSSR count). The molecule has 3 heterocycles. The number of nitrogens with zero attached hydrogens (tertiary/aromatic N) is 2. The Morgan fingerprint density at radius 1 is 1.16 bits per heavy atom. The second kappa shape index (κ2) is 6.64. The third-order valence-electron chi connectivity index (χ3n) is 3.53. The van der Waals surface area contributed by atoms with Crippen LogP contribution in [0.2, 0.25) is 0 Å². The van der Waals surface area contributed by atoms with Gasteiger partial charge in [-0.1, -0.05) is 11.8 Å². The second-order valence-corrected chi connectivity index (χ2v) is 6.38. The van der Waals surface area contributed by atoms with Crippen LogP contribution in [0.15, 0.2) is 40.0 Å². The predicted molar refractivity (Wildman–Crippen MR) is 93.3 cm³/mol. The lowest BCUT2D eigenvalue weighted by Gasteiger charge is -2.18. The van der Waals surface area contributed by atoms with E-state index in [1.165, 1.54) is 11.8 Å². The van der Waals surface area contributed by atoms with Gasteiger partial charge in [-0.15, -0.1) is 0 Å². The molecule has 1 aliphatic heterocycles. The highest BCUT2D eigenvalue weighted by atomic mass is 32.2. The minimum Gasteiger partial charge on any atom is -0.486 e. The molecule has 3 aromatic rings. The van der Waals surface area contributed by atoms with E-state index in [2.05, 4.69) is 15.3 Å². The van der Waals surface area contributed by atoms with Crippen molar-refractivity contribution in [1.82, 2.24) is 9.97 Å². The summed E-state index contributed by atoms with van der Waals surface area (Å²) in [7, 11) is 0. The fourth-order valence-electron chi connectivity index (χ4n) is 2.40. The first-order valence-corrected chi connectivity index (χ1v) is 8.72. The number of amides is 1. The largest absolute Gasteiger partial charge is 0.486 e. The van der Waals surface area contributed by atoms with Gasteiger partial charge in [-0.05, 0) is 31.2 Å². The standard InChI is InChI=1S/C17H15N3O4S/c1-10-2-4-13-16(18-10)20-17(24-13)25-9-15(21)19-11-3-5-12-14(8-11)23-7-6-22-12/h2-5,8H,6-7,9H2,1H3,(H,19,21). The highest BCUT2D eigenvalue weighted by molar-refractivity contribution is 7.99. The number of thioether (sulfide) groups is 1. The van der Waals surface area contributed by atoms with Gasteiger partial charge in [0.05, 0.1) is 5.75 Å². The number of carbonyl (C=O) groups is 1. The van der Waals surface area contributed by atoms with Gasteiger partial charge >= 0.3 is 0 Å². The molecule has 1 amide bonds. The van der Waals surface area contributed by atoms with E-state index in [0.717, 1.165) is 5.69 Å². The molecule has 0 aliphatic carbocycles. The molecule has 7 nitrogen and oxygen atoms in total. The van der Waals surface area contributed by atoms with Gasteiger partial charge in [-0.25, -0.2) is 4.98 Å². The molecule has 0 fully saturated rings. The third kappa shape index (κ3) is 3.53. The first kappa shape index (κ1) is 15.8. The molecule has 0 saturated carbocycles. The number of fused-ring (bicyclic) bond motifs is 2. The highest BCUT2D eigenvalue weighted by Crippen LogP contribution is 2.32. The first-order chi connectivity index (χ1) is 12.2. The van der Waals surface area contributed by atoms with Crippen molar-refractivity contribution in [2.24, 2.45) is 0 Å². The van der Waals surface area contributed by atoms with E-state index in [-0.39, 0.29) is 11.7 Å². The Balaban J connectivity index is 1.38. The number of benzene rings is 1. The molecule has 8 heteroatoms. The molecular weight excluding hydrogens is 342 g/mol. The van der Waals surface area contributed by atoms with Gasteiger partial charge < -0.3 is 19.2 Å².